The molecule has 19 heavy (non-hydrogen) atoms. The number of anilines is 2. The van der Waals surface area contributed by atoms with E-state index in [4.69, 9.17) is 0 Å². The van der Waals surface area contributed by atoms with Gasteiger partial charge in [-0.2, -0.15) is 0 Å². The van der Waals surface area contributed by atoms with Crippen LogP contribution in [0.15, 0.2) is 12.4 Å². The molecule has 0 aliphatic carbocycles. The third-order valence-corrected chi connectivity index (χ3v) is 4.06. The van der Waals surface area contributed by atoms with E-state index in [-0.39, 0.29) is 5.91 Å². The van der Waals surface area contributed by atoms with E-state index in [9.17, 15) is 4.79 Å². The SMILES string of the molecule is CNc1cc(N2CCC3NC(=O)CCC3C2)ncn1. The summed E-state index contributed by atoms with van der Waals surface area (Å²) in [4.78, 5) is 22.2. The zero-order valence-corrected chi connectivity index (χ0v) is 11.1. The molecule has 2 aliphatic heterocycles. The van der Waals surface area contributed by atoms with Gasteiger partial charge in [0, 0.05) is 38.7 Å². The highest BCUT2D eigenvalue weighted by molar-refractivity contribution is 5.77. The lowest BCUT2D eigenvalue weighted by molar-refractivity contribution is -0.124. The van der Waals surface area contributed by atoms with Crippen molar-refractivity contribution in [2.45, 2.75) is 25.3 Å². The van der Waals surface area contributed by atoms with Crippen LogP contribution in [-0.4, -0.2) is 42.1 Å². The smallest absolute Gasteiger partial charge is 0.220 e. The van der Waals surface area contributed by atoms with E-state index in [0.29, 0.717) is 18.4 Å². The highest BCUT2D eigenvalue weighted by atomic mass is 16.1. The molecule has 2 N–H and O–H groups in total. The first kappa shape index (κ1) is 12.2. The van der Waals surface area contributed by atoms with Crippen molar-refractivity contribution in [2.75, 3.05) is 30.4 Å². The highest BCUT2D eigenvalue weighted by Gasteiger charge is 2.34. The molecule has 2 saturated heterocycles. The van der Waals surface area contributed by atoms with Crippen LogP contribution in [0.2, 0.25) is 0 Å². The number of carbonyl (C=O) groups is 1. The number of hydrogen-bond acceptors (Lipinski definition) is 5. The lowest BCUT2D eigenvalue weighted by Gasteiger charge is -2.41. The van der Waals surface area contributed by atoms with Crippen LogP contribution in [0.1, 0.15) is 19.3 Å². The quantitative estimate of drug-likeness (QED) is 0.817. The van der Waals surface area contributed by atoms with Gasteiger partial charge in [-0.3, -0.25) is 4.79 Å². The standard InChI is InChI=1S/C13H19N5O/c1-14-11-6-12(16-8-15-11)18-5-4-10-9(7-18)2-3-13(19)17-10/h6,8-10H,2-5,7H2,1H3,(H,17,19)(H,14,15,16). The number of aromatic nitrogens is 2. The molecule has 1 aromatic rings. The van der Waals surface area contributed by atoms with Crippen LogP contribution in [0.3, 0.4) is 0 Å². The Balaban J connectivity index is 1.72. The van der Waals surface area contributed by atoms with Gasteiger partial charge >= 0.3 is 0 Å². The number of nitrogens with zero attached hydrogens (tertiary/aromatic N) is 3. The van der Waals surface area contributed by atoms with Gasteiger partial charge in [-0.25, -0.2) is 9.97 Å². The van der Waals surface area contributed by atoms with Crippen molar-refractivity contribution in [3.8, 4) is 0 Å². The van der Waals surface area contributed by atoms with Crippen molar-refractivity contribution < 1.29 is 4.79 Å². The summed E-state index contributed by atoms with van der Waals surface area (Å²) in [7, 11) is 1.86. The lowest BCUT2D eigenvalue weighted by atomic mass is 9.85. The van der Waals surface area contributed by atoms with Crippen molar-refractivity contribution in [1.29, 1.82) is 0 Å². The molecule has 3 rings (SSSR count). The summed E-state index contributed by atoms with van der Waals surface area (Å²) in [5.74, 6) is 2.55. The Bertz CT molecular complexity index is 478. The van der Waals surface area contributed by atoms with E-state index in [1.807, 2.05) is 13.1 Å². The molecule has 0 saturated carbocycles. The van der Waals surface area contributed by atoms with Crippen molar-refractivity contribution in [2.24, 2.45) is 5.92 Å². The number of piperidine rings is 2. The first-order valence-corrected chi connectivity index (χ1v) is 6.80. The molecule has 1 amide bonds. The first-order chi connectivity index (χ1) is 9.26. The van der Waals surface area contributed by atoms with E-state index in [2.05, 4.69) is 25.5 Å². The Hall–Kier alpha value is -1.85. The molecule has 2 unspecified atom stereocenters. The Kier molecular flexibility index (Phi) is 3.23. The Morgan fingerprint density at radius 1 is 1.42 bits per heavy atom. The number of amides is 1. The number of nitrogens with one attached hydrogen (secondary N) is 2. The molecule has 6 heteroatoms. The Morgan fingerprint density at radius 2 is 2.32 bits per heavy atom. The molecule has 102 valence electrons. The van der Waals surface area contributed by atoms with Crippen LogP contribution in [0.5, 0.6) is 0 Å². The maximum absolute atomic E-state index is 11.4. The van der Waals surface area contributed by atoms with Crippen molar-refractivity contribution in [1.82, 2.24) is 15.3 Å². The fourth-order valence-corrected chi connectivity index (χ4v) is 2.97. The number of rotatable bonds is 2. The van der Waals surface area contributed by atoms with Gasteiger partial charge in [0.05, 0.1) is 0 Å². The van der Waals surface area contributed by atoms with Crippen LogP contribution in [0.25, 0.3) is 0 Å². The average Bonchev–Trinajstić information content (AvgIpc) is 2.46. The fourth-order valence-electron chi connectivity index (χ4n) is 2.97. The third-order valence-electron chi connectivity index (χ3n) is 4.06. The van der Waals surface area contributed by atoms with E-state index >= 15 is 0 Å². The summed E-state index contributed by atoms with van der Waals surface area (Å²) in [5.41, 5.74) is 0. The summed E-state index contributed by atoms with van der Waals surface area (Å²) in [6.07, 6.45) is 4.22. The van der Waals surface area contributed by atoms with Gasteiger partial charge in [0.2, 0.25) is 5.91 Å². The largest absolute Gasteiger partial charge is 0.373 e. The summed E-state index contributed by atoms with van der Waals surface area (Å²) in [6.45, 7) is 1.90. The summed E-state index contributed by atoms with van der Waals surface area (Å²) in [5, 5.41) is 6.14. The minimum Gasteiger partial charge on any atom is -0.373 e. The fraction of sp³-hybridized carbons (Fsp3) is 0.615. The normalized spacial score (nSPS) is 26.6. The van der Waals surface area contributed by atoms with Crippen molar-refractivity contribution in [3.63, 3.8) is 0 Å². The second-order valence-electron chi connectivity index (χ2n) is 5.22. The molecule has 0 radical (unpaired) electrons. The Morgan fingerprint density at radius 3 is 3.16 bits per heavy atom. The molecule has 3 heterocycles. The molecule has 1 aromatic heterocycles. The molecule has 2 aliphatic rings. The van der Waals surface area contributed by atoms with Gasteiger partial charge < -0.3 is 15.5 Å². The predicted octanol–water partition coefficient (Wildman–Crippen LogP) is 0.623. The maximum Gasteiger partial charge on any atom is 0.220 e. The monoisotopic (exact) mass is 261 g/mol. The zero-order chi connectivity index (χ0) is 13.2. The van der Waals surface area contributed by atoms with Gasteiger partial charge in [0.15, 0.2) is 0 Å². The van der Waals surface area contributed by atoms with E-state index in [0.717, 1.165) is 37.6 Å². The van der Waals surface area contributed by atoms with Crippen molar-refractivity contribution >= 4 is 17.5 Å². The van der Waals surface area contributed by atoms with E-state index in [1.54, 1.807) is 6.33 Å². The molecule has 2 fully saturated rings. The number of hydrogen-bond donors (Lipinski definition) is 2. The summed E-state index contributed by atoms with van der Waals surface area (Å²) < 4.78 is 0. The lowest BCUT2D eigenvalue weighted by Crippen LogP contribution is -2.54. The maximum atomic E-state index is 11.4. The highest BCUT2D eigenvalue weighted by Crippen LogP contribution is 2.28. The van der Waals surface area contributed by atoms with E-state index < -0.39 is 0 Å². The zero-order valence-electron chi connectivity index (χ0n) is 11.1. The van der Waals surface area contributed by atoms with Crippen LogP contribution in [0.4, 0.5) is 11.6 Å². The van der Waals surface area contributed by atoms with Gasteiger partial charge in [-0.05, 0) is 18.8 Å². The summed E-state index contributed by atoms with van der Waals surface area (Å²) >= 11 is 0. The second-order valence-corrected chi connectivity index (χ2v) is 5.22. The molecule has 0 bridgehead atoms. The molecular weight excluding hydrogens is 242 g/mol. The average molecular weight is 261 g/mol. The van der Waals surface area contributed by atoms with Crippen molar-refractivity contribution in [3.05, 3.63) is 12.4 Å². The molecule has 0 spiro atoms. The van der Waals surface area contributed by atoms with Crippen LogP contribution >= 0.6 is 0 Å². The van der Waals surface area contributed by atoms with Crippen LogP contribution in [-0.2, 0) is 4.79 Å². The topological polar surface area (TPSA) is 70.2 Å². The second kappa shape index (κ2) is 5.03. The number of carbonyl (C=O) groups excluding carboxylic acids is 1. The predicted molar refractivity (Wildman–Crippen MR) is 73.1 cm³/mol. The Labute approximate surface area is 112 Å². The van der Waals surface area contributed by atoms with Gasteiger partial charge in [0.1, 0.15) is 18.0 Å². The third kappa shape index (κ3) is 2.47. The van der Waals surface area contributed by atoms with Gasteiger partial charge in [-0.1, -0.05) is 0 Å². The van der Waals surface area contributed by atoms with E-state index in [1.165, 1.54) is 0 Å². The first-order valence-electron chi connectivity index (χ1n) is 6.80. The van der Waals surface area contributed by atoms with Crippen LogP contribution < -0.4 is 15.5 Å². The minimum absolute atomic E-state index is 0.203. The molecular formula is C13H19N5O. The molecule has 6 nitrogen and oxygen atoms in total. The van der Waals surface area contributed by atoms with Gasteiger partial charge in [0.25, 0.3) is 0 Å². The molecule has 2 atom stereocenters. The van der Waals surface area contributed by atoms with Crippen LogP contribution in [0, 0.1) is 5.92 Å². The minimum atomic E-state index is 0.203. The summed E-state index contributed by atoms with van der Waals surface area (Å²) in [6, 6.07) is 2.32. The number of fused-ring (bicyclic) bond motifs is 1. The molecule has 0 aromatic carbocycles. The van der Waals surface area contributed by atoms with Gasteiger partial charge in [-0.15, -0.1) is 0 Å².